The first-order valence-corrected chi connectivity index (χ1v) is 6.56. The summed E-state index contributed by atoms with van der Waals surface area (Å²) in [5.74, 6) is 0.0812. The Morgan fingerprint density at radius 1 is 1.30 bits per heavy atom. The molecule has 2 aromatic carbocycles. The van der Waals surface area contributed by atoms with Crippen molar-refractivity contribution in [3.8, 4) is 5.75 Å². The summed E-state index contributed by atoms with van der Waals surface area (Å²) in [6.45, 7) is 1.24. The number of aliphatic carboxylic acids is 1. The summed E-state index contributed by atoms with van der Waals surface area (Å²) in [6, 6.07) is 12.2. The Bertz CT molecular complexity index is 610. The summed E-state index contributed by atoms with van der Waals surface area (Å²) < 4.78 is 5.44. The number of hydrogen-bond donors (Lipinski definition) is 1. The Morgan fingerprint density at radius 3 is 2.75 bits per heavy atom. The predicted octanol–water partition coefficient (Wildman–Crippen LogP) is 2.75. The van der Waals surface area contributed by atoms with Crippen LogP contribution in [0.1, 0.15) is 12.0 Å². The lowest BCUT2D eigenvalue weighted by Crippen LogP contribution is -2.21. The minimum atomic E-state index is -0.770. The smallest absolute Gasteiger partial charge is 0.304 e. The van der Waals surface area contributed by atoms with E-state index in [0.29, 0.717) is 13.1 Å². The fourth-order valence-electron chi connectivity index (χ4n) is 2.27. The van der Waals surface area contributed by atoms with E-state index in [1.54, 1.807) is 7.11 Å². The zero-order valence-electron chi connectivity index (χ0n) is 11.8. The molecule has 0 aromatic heterocycles. The van der Waals surface area contributed by atoms with Crippen molar-refractivity contribution in [2.75, 3.05) is 20.7 Å². The summed E-state index contributed by atoms with van der Waals surface area (Å²) in [5.41, 5.74) is 1.12. The molecule has 106 valence electrons. The topological polar surface area (TPSA) is 49.8 Å². The number of rotatable bonds is 6. The van der Waals surface area contributed by atoms with Gasteiger partial charge in [-0.15, -0.1) is 0 Å². The fourth-order valence-corrected chi connectivity index (χ4v) is 2.27. The van der Waals surface area contributed by atoms with Crippen LogP contribution in [0.2, 0.25) is 0 Å². The summed E-state index contributed by atoms with van der Waals surface area (Å²) in [4.78, 5) is 12.6. The number of benzene rings is 2. The number of methoxy groups -OCH3 is 1. The van der Waals surface area contributed by atoms with E-state index in [0.717, 1.165) is 22.1 Å². The normalized spacial score (nSPS) is 10.9. The van der Waals surface area contributed by atoms with Gasteiger partial charge in [-0.1, -0.05) is 24.3 Å². The summed E-state index contributed by atoms with van der Waals surface area (Å²) in [7, 11) is 3.59. The van der Waals surface area contributed by atoms with E-state index in [4.69, 9.17) is 9.84 Å². The van der Waals surface area contributed by atoms with Crippen molar-refractivity contribution in [2.45, 2.75) is 13.0 Å². The highest BCUT2D eigenvalue weighted by molar-refractivity contribution is 5.89. The average molecular weight is 273 g/mol. The molecule has 0 fully saturated rings. The Kier molecular flexibility index (Phi) is 4.58. The molecule has 4 heteroatoms. The van der Waals surface area contributed by atoms with E-state index in [9.17, 15) is 4.79 Å². The molecular weight excluding hydrogens is 254 g/mol. The van der Waals surface area contributed by atoms with Gasteiger partial charge >= 0.3 is 5.97 Å². The number of carboxylic acid groups (broad SMARTS) is 1. The van der Waals surface area contributed by atoms with E-state index < -0.39 is 5.97 Å². The van der Waals surface area contributed by atoms with E-state index in [1.807, 2.05) is 36.2 Å². The van der Waals surface area contributed by atoms with Crippen LogP contribution in [-0.2, 0) is 11.3 Å². The minimum absolute atomic E-state index is 0.154. The predicted molar refractivity (Wildman–Crippen MR) is 79.1 cm³/mol. The molecular formula is C16H19NO3. The largest absolute Gasteiger partial charge is 0.496 e. The fraction of sp³-hybridized carbons (Fsp3) is 0.312. The molecule has 0 saturated heterocycles. The van der Waals surface area contributed by atoms with Crippen LogP contribution >= 0.6 is 0 Å². The Morgan fingerprint density at radius 2 is 2.05 bits per heavy atom. The van der Waals surface area contributed by atoms with Crippen LogP contribution in [0, 0.1) is 0 Å². The molecule has 0 aliphatic carbocycles. The molecule has 0 amide bonds. The van der Waals surface area contributed by atoms with Gasteiger partial charge in [0.05, 0.1) is 13.5 Å². The Labute approximate surface area is 118 Å². The van der Waals surface area contributed by atoms with Crippen LogP contribution in [0.3, 0.4) is 0 Å². The Balaban J connectivity index is 2.20. The first-order valence-electron chi connectivity index (χ1n) is 6.56. The highest BCUT2D eigenvalue weighted by Crippen LogP contribution is 2.27. The monoisotopic (exact) mass is 273 g/mol. The second-order valence-corrected chi connectivity index (χ2v) is 4.90. The average Bonchev–Trinajstić information content (AvgIpc) is 2.44. The number of nitrogens with zero attached hydrogens (tertiary/aromatic N) is 1. The molecule has 2 rings (SSSR count). The van der Waals surface area contributed by atoms with E-state index in [2.05, 4.69) is 12.1 Å². The first-order chi connectivity index (χ1) is 9.60. The van der Waals surface area contributed by atoms with E-state index in [-0.39, 0.29) is 6.42 Å². The van der Waals surface area contributed by atoms with Crippen molar-refractivity contribution >= 4 is 16.7 Å². The van der Waals surface area contributed by atoms with E-state index >= 15 is 0 Å². The molecule has 0 saturated carbocycles. The van der Waals surface area contributed by atoms with Gasteiger partial charge in [0.1, 0.15) is 5.75 Å². The standard InChI is InChI=1S/C16H19NO3/c1-17(8-7-16(18)19)11-12-9-13-5-3-4-6-14(13)15(10-12)20-2/h3-6,9-10H,7-8,11H2,1-2H3,(H,18,19). The third-order valence-electron chi connectivity index (χ3n) is 3.26. The highest BCUT2D eigenvalue weighted by atomic mass is 16.5. The summed E-state index contributed by atoms with van der Waals surface area (Å²) in [6.07, 6.45) is 0.154. The lowest BCUT2D eigenvalue weighted by molar-refractivity contribution is -0.137. The van der Waals surface area contributed by atoms with Gasteiger partial charge in [-0.05, 0) is 30.1 Å². The molecule has 0 unspecified atom stereocenters. The molecule has 0 atom stereocenters. The maximum absolute atomic E-state index is 10.6. The molecule has 0 bridgehead atoms. The first kappa shape index (κ1) is 14.3. The molecule has 0 aliphatic heterocycles. The zero-order chi connectivity index (χ0) is 14.5. The maximum Gasteiger partial charge on any atom is 0.304 e. The summed E-state index contributed by atoms with van der Waals surface area (Å²) in [5, 5.41) is 10.9. The van der Waals surface area contributed by atoms with Crippen molar-refractivity contribution in [3.63, 3.8) is 0 Å². The van der Waals surface area contributed by atoms with Crippen LogP contribution in [0.4, 0.5) is 0 Å². The van der Waals surface area contributed by atoms with Crippen LogP contribution in [-0.4, -0.2) is 36.7 Å². The van der Waals surface area contributed by atoms with Crippen LogP contribution in [0.15, 0.2) is 36.4 Å². The number of carboxylic acids is 1. The lowest BCUT2D eigenvalue weighted by Gasteiger charge is -2.17. The SMILES string of the molecule is COc1cc(CN(C)CCC(=O)O)cc2ccccc12. The third kappa shape index (κ3) is 3.48. The molecule has 4 nitrogen and oxygen atoms in total. The molecule has 0 radical (unpaired) electrons. The Hall–Kier alpha value is -2.07. The lowest BCUT2D eigenvalue weighted by atomic mass is 10.1. The third-order valence-corrected chi connectivity index (χ3v) is 3.26. The van der Waals surface area contributed by atoms with Gasteiger partial charge in [-0.3, -0.25) is 4.79 Å². The van der Waals surface area contributed by atoms with E-state index in [1.165, 1.54) is 0 Å². The molecule has 0 heterocycles. The molecule has 1 N–H and O–H groups in total. The molecule has 2 aromatic rings. The number of ether oxygens (including phenoxy) is 1. The van der Waals surface area contributed by atoms with Crippen molar-refractivity contribution in [3.05, 3.63) is 42.0 Å². The second-order valence-electron chi connectivity index (χ2n) is 4.90. The van der Waals surface area contributed by atoms with Gasteiger partial charge in [0, 0.05) is 18.5 Å². The highest BCUT2D eigenvalue weighted by Gasteiger charge is 2.07. The van der Waals surface area contributed by atoms with Gasteiger partial charge in [-0.25, -0.2) is 0 Å². The number of hydrogen-bond acceptors (Lipinski definition) is 3. The quantitative estimate of drug-likeness (QED) is 0.879. The summed E-state index contributed by atoms with van der Waals surface area (Å²) >= 11 is 0. The van der Waals surface area contributed by atoms with Crippen molar-refractivity contribution < 1.29 is 14.6 Å². The van der Waals surface area contributed by atoms with Gasteiger partial charge in [0.2, 0.25) is 0 Å². The number of fused-ring (bicyclic) bond motifs is 1. The van der Waals surface area contributed by atoms with Crippen LogP contribution in [0.25, 0.3) is 10.8 Å². The number of carbonyl (C=O) groups is 1. The zero-order valence-corrected chi connectivity index (χ0v) is 11.8. The van der Waals surface area contributed by atoms with Crippen molar-refractivity contribution in [1.29, 1.82) is 0 Å². The second kappa shape index (κ2) is 6.39. The van der Waals surface area contributed by atoms with Gasteiger partial charge < -0.3 is 14.7 Å². The van der Waals surface area contributed by atoms with Gasteiger partial charge in [0.15, 0.2) is 0 Å². The van der Waals surface area contributed by atoms with Gasteiger partial charge in [-0.2, -0.15) is 0 Å². The molecule has 0 spiro atoms. The molecule has 0 aliphatic rings. The maximum atomic E-state index is 10.6. The molecule has 20 heavy (non-hydrogen) atoms. The van der Waals surface area contributed by atoms with Crippen LogP contribution in [0.5, 0.6) is 5.75 Å². The van der Waals surface area contributed by atoms with Crippen LogP contribution < -0.4 is 4.74 Å². The van der Waals surface area contributed by atoms with Crippen molar-refractivity contribution in [2.24, 2.45) is 0 Å². The van der Waals surface area contributed by atoms with Crippen molar-refractivity contribution in [1.82, 2.24) is 4.90 Å². The minimum Gasteiger partial charge on any atom is -0.496 e. The van der Waals surface area contributed by atoms with Gasteiger partial charge in [0.25, 0.3) is 0 Å².